The van der Waals surface area contributed by atoms with Crippen molar-refractivity contribution in [2.45, 2.75) is 25.9 Å². The SMILES string of the molecule is COc1ccc(C(F)(F)F)cc1CC(C)C1CC1C(=O)O. The van der Waals surface area contributed by atoms with Crippen LogP contribution in [0.1, 0.15) is 24.5 Å². The number of halogens is 3. The minimum absolute atomic E-state index is 0.00323. The molecule has 1 aliphatic rings. The normalized spacial score (nSPS) is 22.7. The molecule has 1 aromatic carbocycles. The lowest BCUT2D eigenvalue weighted by molar-refractivity contribution is -0.139. The summed E-state index contributed by atoms with van der Waals surface area (Å²) in [5.74, 6) is -0.757. The van der Waals surface area contributed by atoms with Gasteiger partial charge in [0.1, 0.15) is 5.75 Å². The number of ether oxygens (including phenoxy) is 1. The van der Waals surface area contributed by atoms with Gasteiger partial charge in [0.05, 0.1) is 18.6 Å². The molecule has 0 bridgehead atoms. The zero-order chi connectivity index (χ0) is 15.8. The Morgan fingerprint density at radius 2 is 2.14 bits per heavy atom. The largest absolute Gasteiger partial charge is 0.496 e. The number of benzene rings is 1. The minimum Gasteiger partial charge on any atom is -0.496 e. The first-order valence-corrected chi connectivity index (χ1v) is 6.71. The summed E-state index contributed by atoms with van der Waals surface area (Å²) >= 11 is 0. The predicted octanol–water partition coefficient (Wildman–Crippen LogP) is 3.61. The fraction of sp³-hybridized carbons (Fsp3) is 0.533. The molecule has 1 saturated carbocycles. The van der Waals surface area contributed by atoms with Gasteiger partial charge in [-0.3, -0.25) is 4.79 Å². The van der Waals surface area contributed by atoms with Gasteiger partial charge < -0.3 is 9.84 Å². The third-order valence-corrected chi connectivity index (χ3v) is 4.04. The van der Waals surface area contributed by atoms with Crippen LogP contribution in [0.4, 0.5) is 13.2 Å². The molecule has 0 amide bonds. The lowest BCUT2D eigenvalue weighted by Crippen LogP contribution is -2.11. The molecule has 0 aromatic heterocycles. The third kappa shape index (κ3) is 3.49. The maximum absolute atomic E-state index is 12.8. The third-order valence-electron chi connectivity index (χ3n) is 4.04. The van der Waals surface area contributed by atoms with Crippen molar-refractivity contribution in [3.8, 4) is 5.75 Å². The van der Waals surface area contributed by atoms with Crippen LogP contribution in [0, 0.1) is 17.8 Å². The zero-order valence-electron chi connectivity index (χ0n) is 11.8. The summed E-state index contributed by atoms with van der Waals surface area (Å²) in [6.45, 7) is 1.87. The summed E-state index contributed by atoms with van der Waals surface area (Å²) in [5.41, 5.74) is -0.244. The molecule has 0 heterocycles. The van der Waals surface area contributed by atoms with E-state index in [1.165, 1.54) is 13.2 Å². The van der Waals surface area contributed by atoms with Crippen molar-refractivity contribution in [1.29, 1.82) is 0 Å². The van der Waals surface area contributed by atoms with Crippen LogP contribution in [0.2, 0.25) is 0 Å². The smallest absolute Gasteiger partial charge is 0.416 e. The van der Waals surface area contributed by atoms with E-state index in [0.29, 0.717) is 24.2 Å². The molecule has 0 saturated heterocycles. The number of carbonyl (C=O) groups is 1. The second kappa shape index (κ2) is 5.58. The maximum atomic E-state index is 12.8. The Bertz CT molecular complexity index is 539. The molecule has 1 fully saturated rings. The van der Waals surface area contributed by atoms with Gasteiger partial charge in [-0.15, -0.1) is 0 Å². The molecule has 1 aliphatic carbocycles. The zero-order valence-corrected chi connectivity index (χ0v) is 11.8. The summed E-state index contributed by atoms with van der Waals surface area (Å²) in [6.07, 6.45) is -3.42. The van der Waals surface area contributed by atoms with Crippen molar-refractivity contribution in [1.82, 2.24) is 0 Å². The molecule has 2 rings (SSSR count). The highest BCUT2D eigenvalue weighted by Crippen LogP contribution is 2.46. The summed E-state index contributed by atoms with van der Waals surface area (Å²) < 4.78 is 43.4. The molecule has 3 nitrogen and oxygen atoms in total. The highest BCUT2D eigenvalue weighted by atomic mass is 19.4. The van der Waals surface area contributed by atoms with Crippen molar-refractivity contribution < 1.29 is 27.8 Å². The standard InChI is InChI=1S/C15H17F3O3/c1-8(11-7-12(11)14(19)20)5-9-6-10(15(16,17)18)3-4-13(9)21-2/h3-4,6,8,11-12H,5,7H2,1-2H3,(H,19,20). The van der Waals surface area contributed by atoms with E-state index in [2.05, 4.69) is 0 Å². The molecule has 3 unspecified atom stereocenters. The van der Waals surface area contributed by atoms with Gasteiger partial charge in [0.15, 0.2) is 0 Å². The molecule has 0 spiro atoms. The number of methoxy groups -OCH3 is 1. The Hall–Kier alpha value is -1.72. The van der Waals surface area contributed by atoms with Gasteiger partial charge in [-0.25, -0.2) is 0 Å². The molecule has 116 valence electrons. The highest BCUT2D eigenvalue weighted by Gasteiger charge is 2.46. The fourth-order valence-corrected chi connectivity index (χ4v) is 2.74. The van der Waals surface area contributed by atoms with Crippen LogP contribution in [0.15, 0.2) is 18.2 Å². The van der Waals surface area contributed by atoms with Gasteiger partial charge in [-0.05, 0) is 48.4 Å². The van der Waals surface area contributed by atoms with E-state index in [9.17, 15) is 18.0 Å². The van der Waals surface area contributed by atoms with Gasteiger partial charge in [0, 0.05) is 0 Å². The molecule has 3 atom stereocenters. The molecule has 0 aliphatic heterocycles. The number of carboxylic acid groups (broad SMARTS) is 1. The van der Waals surface area contributed by atoms with Gasteiger partial charge in [-0.1, -0.05) is 6.92 Å². The second-order valence-electron chi connectivity index (χ2n) is 5.55. The van der Waals surface area contributed by atoms with E-state index in [0.717, 1.165) is 12.1 Å². The van der Waals surface area contributed by atoms with Crippen molar-refractivity contribution in [3.63, 3.8) is 0 Å². The van der Waals surface area contributed by atoms with Gasteiger partial charge in [0.2, 0.25) is 0 Å². The van der Waals surface area contributed by atoms with Crippen LogP contribution >= 0.6 is 0 Å². The number of aliphatic carboxylic acids is 1. The molecular weight excluding hydrogens is 285 g/mol. The first-order chi connectivity index (χ1) is 9.74. The van der Waals surface area contributed by atoms with Gasteiger partial charge >= 0.3 is 12.1 Å². The van der Waals surface area contributed by atoms with Crippen LogP contribution in [0.5, 0.6) is 5.75 Å². The Balaban J connectivity index is 2.16. The summed E-state index contributed by atoms with van der Waals surface area (Å²) in [5, 5.41) is 8.92. The summed E-state index contributed by atoms with van der Waals surface area (Å²) in [4.78, 5) is 10.9. The molecular formula is C15H17F3O3. The van der Waals surface area contributed by atoms with Crippen LogP contribution in [0.25, 0.3) is 0 Å². The lowest BCUT2D eigenvalue weighted by atomic mass is 9.94. The van der Waals surface area contributed by atoms with Crippen LogP contribution < -0.4 is 4.74 Å². The van der Waals surface area contributed by atoms with Crippen LogP contribution in [-0.2, 0) is 17.4 Å². The first-order valence-electron chi connectivity index (χ1n) is 6.71. The molecule has 1 aromatic rings. The minimum atomic E-state index is -4.40. The van der Waals surface area contributed by atoms with Crippen molar-refractivity contribution >= 4 is 5.97 Å². The second-order valence-corrected chi connectivity index (χ2v) is 5.55. The summed E-state index contributed by atoms with van der Waals surface area (Å²) in [7, 11) is 1.41. The van der Waals surface area contributed by atoms with Crippen LogP contribution in [0.3, 0.4) is 0 Å². The van der Waals surface area contributed by atoms with Crippen LogP contribution in [-0.4, -0.2) is 18.2 Å². The topological polar surface area (TPSA) is 46.5 Å². The number of alkyl halides is 3. The predicted molar refractivity (Wildman–Crippen MR) is 70.1 cm³/mol. The number of hydrogen-bond acceptors (Lipinski definition) is 2. The van der Waals surface area contributed by atoms with Gasteiger partial charge in [0.25, 0.3) is 0 Å². The van der Waals surface area contributed by atoms with Crippen molar-refractivity contribution in [3.05, 3.63) is 29.3 Å². The molecule has 6 heteroatoms. The Morgan fingerprint density at radius 1 is 1.48 bits per heavy atom. The van der Waals surface area contributed by atoms with E-state index < -0.39 is 17.7 Å². The van der Waals surface area contributed by atoms with Gasteiger partial charge in [-0.2, -0.15) is 13.2 Å². The molecule has 0 radical (unpaired) electrons. The Kier molecular flexibility index (Phi) is 4.16. The fourth-order valence-electron chi connectivity index (χ4n) is 2.74. The Morgan fingerprint density at radius 3 is 2.62 bits per heavy atom. The van der Waals surface area contributed by atoms with E-state index in [-0.39, 0.29) is 17.8 Å². The van der Waals surface area contributed by atoms with E-state index in [1.807, 2.05) is 6.92 Å². The number of rotatable bonds is 5. The van der Waals surface area contributed by atoms with E-state index >= 15 is 0 Å². The lowest BCUT2D eigenvalue weighted by Gasteiger charge is -2.16. The van der Waals surface area contributed by atoms with E-state index in [4.69, 9.17) is 9.84 Å². The number of hydrogen-bond donors (Lipinski definition) is 1. The maximum Gasteiger partial charge on any atom is 0.416 e. The quantitative estimate of drug-likeness (QED) is 0.903. The molecule has 21 heavy (non-hydrogen) atoms. The Labute approximate surface area is 120 Å². The number of carboxylic acids is 1. The highest BCUT2D eigenvalue weighted by molar-refractivity contribution is 5.73. The average Bonchev–Trinajstić information content (AvgIpc) is 3.17. The average molecular weight is 302 g/mol. The monoisotopic (exact) mass is 302 g/mol. The summed E-state index contributed by atoms with van der Waals surface area (Å²) in [6, 6.07) is 3.39. The first kappa shape index (κ1) is 15.7. The van der Waals surface area contributed by atoms with Crippen molar-refractivity contribution in [2.75, 3.05) is 7.11 Å². The molecule has 1 N–H and O–H groups in total. The van der Waals surface area contributed by atoms with Crippen molar-refractivity contribution in [2.24, 2.45) is 17.8 Å². The van der Waals surface area contributed by atoms with E-state index in [1.54, 1.807) is 0 Å².